The van der Waals surface area contributed by atoms with E-state index in [0.29, 0.717) is 5.56 Å². The van der Waals surface area contributed by atoms with Gasteiger partial charge in [-0.2, -0.15) is 0 Å². The Bertz CT molecular complexity index is 1320. The first kappa shape index (κ1) is 24.4. The van der Waals surface area contributed by atoms with Crippen LogP contribution in [0, 0.1) is 10.1 Å². The number of nitro benzene ring substituents is 1. The van der Waals surface area contributed by atoms with Crippen LogP contribution in [-0.4, -0.2) is 50.0 Å². The molecule has 0 saturated carbocycles. The molecule has 1 aromatic heterocycles. The third-order valence-electron chi connectivity index (χ3n) is 6.26. The van der Waals surface area contributed by atoms with Crippen LogP contribution < -0.4 is 5.32 Å². The number of carbonyl (C=O) groups is 3. The predicted octanol–water partition coefficient (Wildman–Crippen LogP) is 2.79. The van der Waals surface area contributed by atoms with Crippen LogP contribution in [0.4, 0.5) is 5.69 Å². The van der Waals surface area contributed by atoms with Crippen LogP contribution in [0.2, 0.25) is 0 Å². The average molecular weight is 519 g/mol. The first-order valence-electron chi connectivity index (χ1n) is 11.5. The first-order valence-corrected chi connectivity index (χ1v) is 12.5. The van der Waals surface area contributed by atoms with Crippen LogP contribution in [0.1, 0.15) is 21.9 Å². The van der Waals surface area contributed by atoms with Crippen LogP contribution >= 0.6 is 11.8 Å². The van der Waals surface area contributed by atoms with Gasteiger partial charge < -0.3 is 15.0 Å². The molecule has 2 saturated heterocycles. The summed E-state index contributed by atoms with van der Waals surface area (Å²) < 4.78 is 5.54. The summed E-state index contributed by atoms with van der Waals surface area (Å²) in [6.45, 7) is -0.0955. The third kappa shape index (κ3) is 5.03. The van der Waals surface area contributed by atoms with Crippen LogP contribution in [0.15, 0.2) is 79.1 Å². The molecule has 188 valence electrons. The number of aromatic nitrogens is 1. The Morgan fingerprint density at radius 2 is 1.81 bits per heavy atom. The number of ether oxygens (including phenoxy) is 1. The second-order valence-electron chi connectivity index (χ2n) is 8.66. The molecule has 3 aromatic rings. The van der Waals surface area contributed by atoms with E-state index in [1.165, 1.54) is 40.9 Å². The molecule has 2 aliphatic heterocycles. The maximum atomic E-state index is 13.2. The lowest BCUT2D eigenvalue weighted by Gasteiger charge is -2.43. The van der Waals surface area contributed by atoms with E-state index in [0.717, 1.165) is 11.1 Å². The van der Waals surface area contributed by atoms with Crippen molar-refractivity contribution in [3.8, 4) is 0 Å². The summed E-state index contributed by atoms with van der Waals surface area (Å²) in [6.07, 6.45) is 3.42. The highest BCUT2D eigenvalue weighted by atomic mass is 32.2. The van der Waals surface area contributed by atoms with E-state index in [-0.39, 0.29) is 30.5 Å². The number of rotatable bonds is 8. The summed E-state index contributed by atoms with van der Waals surface area (Å²) in [7, 11) is 0. The van der Waals surface area contributed by atoms with Crippen molar-refractivity contribution in [1.29, 1.82) is 0 Å². The summed E-state index contributed by atoms with van der Waals surface area (Å²) in [6, 6.07) is 16.9. The zero-order chi connectivity index (χ0) is 25.9. The number of amides is 2. The molecule has 11 heteroatoms. The van der Waals surface area contributed by atoms with Crippen LogP contribution in [0.25, 0.3) is 0 Å². The lowest BCUT2D eigenvalue weighted by Crippen LogP contribution is -2.70. The molecule has 10 nitrogen and oxygen atoms in total. The quantitative estimate of drug-likeness (QED) is 0.208. The van der Waals surface area contributed by atoms with Crippen molar-refractivity contribution in [2.75, 3.05) is 0 Å². The summed E-state index contributed by atoms with van der Waals surface area (Å²) in [5.74, 6) is -1.21. The van der Waals surface area contributed by atoms with Gasteiger partial charge in [0, 0.05) is 24.5 Å². The lowest BCUT2D eigenvalue weighted by molar-refractivity contribution is -0.384. The molecular formula is C26H22N4O6S. The topological polar surface area (TPSA) is 132 Å². The van der Waals surface area contributed by atoms with Crippen molar-refractivity contribution in [2.24, 2.45) is 0 Å². The van der Waals surface area contributed by atoms with Gasteiger partial charge in [-0.3, -0.25) is 24.7 Å². The number of nitrogens with zero attached hydrogens (tertiary/aromatic N) is 3. The lowest BCUT2D eigenvalue weighted by atomic mass is 9.98. The van der Waals surface area contributed by atoms with Gasteiger partial charge in [-0.15, -0.1) is 11.8 Å². The number of carbonyl (C=O) groups excluding carboxylic acids is 3. The van der Waals surface area contributed by atoms with Gasteiger partial charge in [0.05, 0.1) is 16.6 Å². The van der Waals surface area contributed by atoms with Crippen LogP contribution in [-0.2, 0) is 32.1 Å². The van der Waals surface area contributed by atoms with E-state index in [4.69, 9.17) is 4.74 Å². The molecular weight excluding hydrogens is 496 g/mol. The zero-order valence-corrected chi connectivity index (χ0v) is 20.2. The molecule has 4 atom stereocenters. The Morgan fingerprint density at radius 3 is 2.49 bits per heavy atom. The first-order chi connectivity index (χ1) is 17.9. The molecule has 2 aromatic carbocycles. The molecule has 37 heavy (non-hydrogen) atoms. The van der Waals surface area contributed by atoms with Crippen molar-refractivity contribution >= 4 is 35.2 Å². The third-order valence-corrected chi connectivity index (χ3v) is 7.86. The monoisotopic (exact) mass is 518 g/mol. The molecule has 1 N–H and O–H groups in total. The number of esters is 1. The molecule has 0 radical (unpaired) electrons. The van der Waals surface area contributed by atoms with Crippen molar-refractivity contribution in [3.05, 3.63) is 106 Å². The molecule has 3 heterocycles. The highest BCUT2D eigenvalue weighted by Crippen LogP contribution is 2.52. The van der Waals surface area contributed by atoms with Crippen molar-refractivity contribution < 1.29 is 24.0 Å². The van der Waals surface area contributed by atoms with E-state index >= 15 is 0 Å². The molecule has 2 aliphatic rings. The zero-order valence-electron chi connectivity index (χ0n) is 19.4. The summed E-state index contributed by atoms with van der Waals surface area (Å²) >= 11 is 1.41. The minimum Gasteiger partial charge on any atom is -0.459 e. The van der Waals surface area contributed by atoms with Crippen molar-refractivity contribution in [3.63, 3.8) is 0 Å². The Morgan fingerprint density at radius 1 is 1.05 bits per heavy atom. The smallest absolute Gasteiger partial charge is 0.330 e. The minimum absolute atomic E-state index is 0.0618. The number of nitrogens with one attached hydrogen (secondary N) is 1. The highest BCUT2D eigenvalue weighted by Gasteiger charge is 2.61. The Hall–Kier alpha value is -4.25. The SMILES string of the molecule is O=C(Cc1ccccc1)N[C@@H]1C(=O)N2[C@@H]1S[C@H](c1cccnc1)[C@@H]2C(=O)OCc1ccc([N+](=O)[O-])cc1. The molecule has 5 rings (SSSR count). The molecule has 2 amide bonds. The minimum atomic E-state index is -0.896. The van der Waals surface area contributed by atoms with E-state index in [2.05, 4.69) is 10.3 Å². The number of hydrogen-bond donors (Lipinski definition) is 1. The number of hydrogen-bond acceptors (Lipinski definition) is 8. The number of non-ortho nitro benzene ring substituents is 1. The van der Waals surface area contributed by atoms with Gasteiger partial charge >= 0.3 is 5.97 Å². The highest BCUT2D eigenvalue weighted by molar-refractivity contribution is 8.00. The van der Waals surface area contributed by atoms with Crippen molar-refractivity contribution in [2.45, 2.75) is 35.7 Å². The van der Waals surface area contributed by atoms with Gasteiger partial charge in [0.2, 0.25) is 11.8 Å². The number of β-lactam (4-membered cyclic amide) rings is 1. The summed E-state index contributed by atoms with van der Waals surface area (Å²) in [4.78, 5) is 54.9. The number of nitro groups is 1. The maximum absolute atomic E-state index is 13.2. The van der Waals surface area contributed by atoms with Crippen LogP contribution in [0.5, 0.6) is 0 Å². The fourth-order valence-electron chi connectivity index (χ4n) is 4.43. The number of thioether (sulfide) groups is 1. The molecule has 2 fully saturated rings. The number of fused-ring (bicyclic) bond motifs is 1. The molecule has 0 bridgehead atoms. The van der Waals surface area contributed by atoms with Gasteiger partial charge in [0.15, 0.2) is 0 Å². The summed E-state index contributed by atoms with van der Waals surface area (Å²) in [5, 5.41) is 12.8. The Kier molecular flexibility index (Phi) is 6.87. The van der Waals surface area contributed by atoms with E-state index in [1.807, 2.05) is 36.4 Å². The Balaban J connectivity index is 1.29. The fraction of sp³-hybridized carbons (Fsp3) is 0.231. The molecule has 0 unspecified atom stereocenters. The standard InChI is InChI=1S/C26H22N4O6S/c31-20(13-16-5-2-1-3-6-16)28-21-24(32)29-22(23(37-25(21)29)18-7-4-12-27-14-18)26(33)36-15-17-8-10-19(11-9-17)30(34)35/h1-12,14,21-23,25H,13,15H2,(H,28,31)/t21-,22-,23-,25-/m1/s1. The van der Waals surface area contributed by atoms with Crippen molar-refractivity contribution in [1.82, 2.24) is 15.2 Å². The van der Waals surface area contributed by atoms with Gasteiger partial charge in [-0.05, 0) is 34.9 Å². The maximum Gasteiger partial charge on any atom is 0.330 e. The van der Waals surface area contributed by atoms with E-state index in [9.17, 15) is 24.5 Å². The van der Waals surface area contributed by atoms with Crippen LogP contribution in [0.3, 0.4) is 0 Å². The normalized spacial score (nSPS) is 22.1. The second kappa shape index (κ2) is 10.4. The fourth-order valence-corrected chi connectivity index (χ4v) is 6.13. The van der Waals surface area contributed by atoms with Gasteiger partial charge in [-0.25, -0.2) is 4.79 Å². The number of pyridine rings is 1. The molecule has 0 spiro atoms. The molecule has 0 aliphatic carbocycles. The average Bonchev–Trinajstić information content (AvgIpc) is 3.28. The largest absolute Gasteiger partial charge is 0.459 e. The summed E-state index contributed by atoms with van der Waals surface area (Å²) in [5.41, 5.74) is 2.12. The number of benzene rings is 2. The van der Waals surface area contributed by atoms with E-state index in [1.54, 1.807) is 18.5 Å². The second-order valence-corrected chi connectivity index (χ2v) is 9.93. The van der Waals surface area contributed by atoms with Gasteiger partial charge in [0.1, 0.15) is 24.1 Å². The Labute approximate surface area is 216 Å². The predicted molar refractivity (Wildman–Crippen MR) is 134 cm³/mol. The van der Waals surface area contributed by atoms with Gasteiger partial charge in [-0.1, -0.05) is 36.4 Å². The van der Waals surface area contributed by atoms with Gasteiger partial charge in [0.25, 0.3) is 5.69 Å². The van der Waals surface area contributed by atoms with E-state index < -0.39 is 33.6 Å².